The summed E-state index contributed by atoms with van der Waals surface area (Å²) in [4.78, 5) is 18.4. The minimum Gasteiger partial charge on any atom is -0.368 e. The highest BCUT2D eigenvalue weighted by molar-refractivity contribution is 7.91. The molecule has 3 rings (SSSR count). The maximum absolute atomic E-state index is 12.5. The largest absolute Gasteiger partial charge is 0.368 e. The normalized spacial score (nSPS) is 13.8. The van der Waals surface area contributed by atoms with Crippen molar-refractivity contribution in [3.05, 3.63) is 75.3 Å². The SMILES string of the molecule is Cc1c(Cl)ccc(S(=O)(=O)CNC/C=C/C(=O)N(C)Cc2ccc(C3=NCCN3)cc2)c1Cl. The van der Waals surface area contributed by atoms with E-state index < -0.39 is 9.84 Å². The van der Waals surface area contributed by atoms with Crippen molar-refractivity contribution < 1.29 is 13.2 Å². The summed E-state index contributed by atoms with van der Waals surface area (Å²) in [5, 5.41) is 6.57. The summed E-state index contributed by atoms with van der Waals surface area (Å²) >= 11 is 12.1. The number of nitrogens with zero attached hydrogens (tertiary/aromatic N) is 2. The highest BCUT2D eigenvalue weighted by atomic mass is 35.5. The van der Waals surface area contributed by atoms with Crippen LogP contribution in [-0.4, -0.2) is 57.6 Å². The molecule has 0 saturated carbocycles. The summed E-state index contributed by atoms with van der Waals surface area (Å²) in [7, 11) is -1.93. The summed E-state index contributed by atoms with van der Waals surface area (Å²) in [6.45, 7) is 3.98. The molecule has 0 radical (unpaired) electrons. The third-order valence-corrected chi connectivity index (χ3v) is 7.74. The molecule has 0 unspecified atom stereocenters. The van der Waals surface area contributed by atoms with Crippen LogP contribution < -0.4 is 10.6 Å². The van der Waals surface area contributed by atoms with Gasteiger partial charge in [0.15, 0.2) is 9.84 Å². The Kier molecular flexibility index (Phi) is 8.53. The predicted molar refractivity (Wildman–Crippen MR) is 133 cm³/mol. The lowest BCUT2D eigenvalue weighted by Crippen LogP contribution is -2.26. The van der Waals surface area contributed by atoms with E-state index in [4.69, 9.17) is 23.2 Å². The van der Waals surface area contributed by atoms with Gasteiger partial charge in [-0.15, -0.1) is 0 Å². The van der Waals surface area contributed by atoms with E-state index in [0.717, 1.165) is 30.1 Å². The van der Waals surface area contributed by atoms with Crippen molar-refractivity contribution in [1.82, 2.24) is 15.5 Å². The number of carbonyl (C=O) groups is 1. The van der Waals surface area contributed by atoms with Crippen LogP contribution in [0.3, 0.4) is 0 Å². The van der Waals surface area contributed by atoms with Crippen molar-refractivity contribution in [2.45, 2.75) is 18.4 Å². The van der Waals surface area contributed by atoms with Crippen molar-refractivity contribution in [2.24, 2.45) is 4.99 Å². The van der Waals surface area contributed by atoms with Crippen LogP contribution in [0.5, 0.6) is 0 Å². The molecule has 0 fully saturated rings. The Morgan fingerprint density at radius 1 is 1.21 bits per heavy atom. The Morgan fingerprint density at radius 2 is 1.94 bits per heavy atom. The Morgan fingerprint density at radius 3 is 2.61 bits per heavy atom. The van der Waals surface area contributed by atoms with Crippen LogP contribution >= 0.6 is 23.2 Å². The van der Waals surface area contributed by atoms with Gasteiger partial charge in [-0.2, -0.15) is 0 Å². The zero-order valence-corrected chi connectivity index (χ0v) is 20.8. The summed E-state index contributed by atoms with van der Waals surface area (Å²) in [6.07, 6.45) is 3.01. The van der Waals surface area contributed by atoms with Gasteiger partial charge in [0, 0.05) is 43.3 Å². The zero-order valence-electron chi connectivity index (χ0n) is 18.4. The molecular formula is C23H26Cl2N4O3S. The van der Waals surface area contributed by atoms with Crippen LogP contribution in [0.1, 0.15) is 16.7 Å². The molecule has 0 bridgehead atoms. The van der Waals surface area contributed by atoms with E-state index in [9.17, 15) is 13.2 Å². The minimum absolute atomic E-state index is 0.0279. The Labute approximate surface area is 204 Å². The standard InChI is InChI=1S/C23H26Cl2N4O3S/c1-16-19(24)9-10-20(22(16)25)33(31,32)15-26-11-3-4-21(30)29(2)14-17-5-7-18(8-6-17)23-27-12-13-28-23/h3-10,26H,11-15H2,1-2H3,(H,27,28)/b4-3+. The van der Waals surface area contributed by atoms with Gasteiger partial charge in [-0.1, -0.05) is 53.5 Å². The lowest BCUT2D eigenvalue weighted by molar-refractivity contribution is -0.125. The third kappa shape index (κ3) is 6.57. The first-order valence-corrected chi connectivity index (χ1v) is 12.8. The second kappa shape index (κ2) is 11.2. The molecular weight excluding hydrogens is 483 g/mol. The van der Waals surface area contributed by atoms with Gasteiger partial charge in [0.05, 0.1) is 16.5 Å². The fraction of sp³-hybridized carbons (Fsp3) is 0.304. The van der Waals surface area contributed by atoms with Crippen molar-refractivity contribution in [2.75, 3.05) is 32.6 Å². The average Bonchev–Trinajstić information content (AvgIpc) is 3.32. The second-order valence-electron chi connectivity index (χ2n) is 7.65. The lowest BCUT2D eigenvalue weighted by Gasteiger charge is -2.15. The van der Waals surface area contributed by atoms with Crippen LogP contribution in [0.25, 0.3) is 0 Å². The molecule has 2 N–H and O–H groups in total. The zero-order chi connectivity index (χ0) is 24.0. The highest BCUT2D eigenvalue weighted by Gasteiger charge is 2.20. The molecule has 0 aliphatic carbocycles. The Bertz CT molecular complexity index is 1180. The van der Waals surface area contributed by atoms with Gasteiger partial charge in [0.25, 0.3) is 0 Å². The van der Waals surface area contributed by atoms with Gasteiger partial charge in [0.1, 0.15) is 11.7 Å². The average molecular weight is 509 g/mol. The number of halogens is 2. The van der Waals surface area contributed by atoms with Crippen LogP contribution in [0.15, 0.2) is 58.4 Å². The molecule has 1 amide bonds. The number of sulfone groups is 1. The first-order chi connectivity index (χ1) is 15.7. The summed E-state index contributed by atoms with van der Waals surface area (Å²) in [5.74, 6) is 0.410. The van der Waals surface area contributed by atoms with Gasteiger partial charge in [-0.25, -0.2) is 8.42 Å². The van der Waals surface area contributed by atoms with E-state index in [0.29, 0.717) is 17.1 Å². The van der Waals surface area contributed by atoms with Gasteiger partial charge >= 0.3 is 0 Å². The topological polar surface area (TPSA) is 90.9 Å². The van der Waals surface area contributed by atoms with Crippen molar-refractivity contribution in [3.8, 4) is 0 Å². The Balaban J connectivity index is 1.47. The number of amides is 1. The summed E-state index contributed by atoms with van der Waals surface area (Å²) in [5.41, 5.74) is 2.55. The number of likely N-dealkylation sites (N-methyl/N-ethyl adjacent to an activating group) is 1. The molecule has 176 valence electrons. The third-order valence-electron chi connectivity index (χ3n) is 5.13. The fourth-order valence-corrected chi connectivity index (χ4v) is 5.20. The van der Waals surface area contributed by atoms with Crippen LogP contribution in [0, 0.1) is 6.92 Å². The molecule has 1 heterocycles. The highest BCUT2D eigenvalue weighted by Crippen LogP contribution is 2.30. The smallest absolute Gasteiger partial charge is 0.246 e. The van der Waals surface area contributed by atoms with E-state index in [1.54, 1.807) is 24.9 Å². The van der Waals surface area contributed by atoms with Gasteiger partial charge < -0.3 is 10.2 Å². The molecule has 33 heavy (non-hydrogen) atoms. The van der Waals surface area contributed by atoms with E-state index in [1.807, 2.05) is 24.3 Å². The molecule has 1 aliphatic rings. The van der Waals surface area contributed by atoms with E-state index in [1.165, 1.54) is 18.2 Å². The number of amidine groups is 1. The number of nitrogens with one attached hydrogen (secondary N) is 2. The summed E-state index contributed by atoms with van der Waals surface area (Å²) < 4.78 is 25.1. The lowest BCUT2D eigenvalue weighted by atomic mass is 10.1. The molecule has 0 spiro atoms. The van der Waals surface area contributed by atoms with Crippen LogP contribution in [-0.2, 0) is 21.2 Å². The van der Waals surface area contributed by atoms with E-state index >= 15 is 0 Å². The monoisotopic (exact) mass is 508 g/mol. The Hall–Kier alpha value is -2.39. The molecule has 0 saturated heterocycles. The maximum atomic E-state index is 12.5. The first-order valence-electron chi connectivity index (χ1n) is 10.4. The first kappa shape index (κ1) is 25.2. The van der Waals surface area contributed by atoms with Gasteiger partial charge in [-0.05, 0) is 30.2 Å². The summed E-state index contributed by atoms with van der Waals surface area (Å²) in [6, 6.07) is 10.8. The molecule has 0 aromatic heterocycles. The molecule has 0 atom stereocenters. The fourth-order valence-electron chi connectivity index (χ4n) is 3.23. The number of rotatable bonds is 9. The molecule has 2 aromatic rings. The minimum atomic E-state index is -3.64. The van der Waals surface area contributed by atoms with Gasteiger partial charge in [0.2, 0.25) is 5.91 Å². The molecule has 2 aromatic carbocycles. The van der Waals surface area contributed by atoms with Crippen molar-refractivity contribution in [3.63, 3.8) is 0 Å². The number of benzene rings is 2. The van der Waals surface area contributed by atoms with Crippen molar-refractivity contribution in [1.29, 1.82) is 0 Å². The van der Waals surface area contributed by atoms with Crippen molar-refractivity contribution >= 4 is 44.8 Å². The second-order valence-corrected chi connectivity index (χ2v) is 10.4. The van der Waals surface area contributed by atoms with Crippen LogP contribution in [0.4, 0.5) is 0 Å². The number of hydrogen-bond acceptors (Lipinski definition) is 6. The molecule has 1 aliphatic heterocycles. The number of hydrogen-bond donors (Lipinski definition) is 2. The van der Waals surface area contributed by atoms with Gasteiger partial charge in [-0.3, -0.25) is 15.1 Å². The molecule has 10 heteroatoms. The van der Waals surface area contributed by atoms with E-state index in [-0.39, 0.29) is 28.2 Å². The predicted octanol–water partition coefficient (Wildman–Crippen LogP) is 3.19. The number of aliphatic imine (C=N–C) groups is 1. The van der Waals surface area contributed by atoms with Crippen LogP contribution in [0.2, 0.25) is 10.0 Å². The maximum Gasteiger partial charge on any atom is 0.246 e. The molecule has 7 nitrogen and oxygen atoms in total. The number of carbonyl (C=O) groups excluding carboxylic acids is 1. The van der Waals surface area contributed by atoms with E-state index in [2.05, 4.69) is 15.6 Å². The quantitative estimate of drug-likeness (QED) is 0.400.